The van der Waals surface area contributed by atoms with Crippen LogP contribution in [0.4, 0.5) is 0 Å². The van der Waals surface area contributed by atoms with Crippen LogP contribution in [0.2, 0.25) is 0 Å². The molecule has 0 bridgehead atoms. The lowest BCUT2D eigenvalue weighted by Gasteiger charge is -2.19. The summed E-state index contributed by atoms with van der Waals surface area (Å²) in [6.07, 6.45) is 5.05. The standard InChI is InChI=1S/C10H16O2/c1-3-4-5-9-6-10(11)12-7-8(9)2/h6,8H,3-5,7H2,1-2H3. The summed E-state index contributed by atoms with van der Waals surface area (Å²) in [6, 6.07) is 0. The van der Waals surface area contributed by atoms with Gasteiger partial charge in [-0.05, 0) is 12.8 Å². The Labute approximate surface area is 73.6 Å². The monoisotopic (exact) mass is 168 g/mol. The van der Waals surface area contributed by atoms with Crippen molar-refractivity contribution in [3.8, 4) is 0 Å². The smallest absolute Gasteiger partial charge is 0.330 e. The second kappa shape index (κ2) is 4.29. The molecule has 1 aliphatic rings. The van der Waals surface area contributed by atoms with Crippen LogP contribution in [0.15, 0.2) is 11.6 Å². The van der Waals surface area contributed by atoms with Gasteiger partial charge in [0.25, 0.3) is 0 Å². The Morgan fingerprint density at radius 1 is 1.67 bits per heavy atom. The van der Waals surface area contributed by atoms with E-state index in [-0.39, 0.29) is 5.97 Å². The molecule has 0 saturated carbocycles. The molecule has 1 atom stereocenters. The summed E-state index contributed by atoms with van der Waals surface area (Å²) in [7, 11) is 0. The molecule has 1 aliphatic heterocycles. The van der Waals surface area contributed by atoms with Crippen molar-refractivity contribution < 1.29 is 9.53 Å². The van der Waals surface area contributed by atoms with E-state index >= 15 is 0 Å². The maximum Gasteiger partial charge on any atom is 0.330 e. The van der Waals surface area contributed by atoms with Crippen LogP contribution in [0.5, 0.6) is 0 Å². The topological polar surface area (TPSA) is 26.3 Å². The minimum atomic E-state index is -0.167. The zero-order chi connectivity index (χ0) is 8.97. The van der Waals surface area contributed by atoms with Gasteiger partial charge in [0.15, 0.2) is 0 Å². The van der Waals surface area contributed by atoms with Gasteiger partial charge >= 0.3 is 5.97 Å². The van der Waals surface area contributed by atoms with E-state index in [2.05, 4.69) is 13.8 Å². The van der Waals surface area contributed by atoms with Crippen LogP contribution in [0.25, 0.3) is 0 Å². The van der Waals surface area contributed by atoms with Crippen molar-refractivity contribution in [2.24, 2.45) is 5.92 Å². The molecule has 12 heavy (non-hydrogen) atoms. The average molecular weight is 168 g/mol. The molecule has 0 spiro atoms. The van der Waals surface area contributed by atoms with Gasteiger partial charge in [-0.25, -0.2) is 4.79 Å². The summed E-state index contributed by atoms with van der Waals surface area (Å²) in [6.45, 7) is 4.83. The predicted molar refractivity (Wildman–Crippen MR) is 47.7 cm³/mol. The summed E-state index contributed by atoms with van der Waals surface area (Å²) in [4.78, 5) is 10.9. The van der Waals surface area contributed by atoms with Crippen LogP contribution in [-0.4, -0.2) is 12.6 Å². The van der Waals surface area contributed by atoms with E-state index in [0.717, 1.165) is 6.42 Å². The van der Waals surface area contributed by atoms with Gasteiger partial charge in [0.05, 0.1) is 6.61 Å². The van der Waals surface area contributed by atoms with E-state index in [1.165, 1.54) is 18.4 Å². The second-order valence-corrected chi connectivity index (χ2v) is 3.35. The number of carbonyl (C=O) groups is 1. The molecule has 0 N–H and O–H groups in total. The highest BCUT2D eigenvalue weighted by atomic mass is 16.5. The number of unbranched alkanes of at least 4 members (excludes halogenated alkanes) is 1. The van der Waals surface area contributed by atoms with Crippen LogP contribution >= 0.6 is 0 Å². The second-order valence-electron chi connectivity index (χ2n) is 3.35. The molecule has 0 aromatic carbocycles. The number of hydrogen-bond acceptors (Lipinski definition) is 2. The molecule has 0 radical (unpaired) electrons. The number of esters is 1. The van der Waals surface area contributed by atoms with Crippen LogP contribution in [-0.2, 0) is 9.53 Å². The van der Waals surface area contributed by atoms with E-state index in [0.29, 0.717) is 12.5 Å². The number of carbonyl (C=O) groups excluding carboxylic acids is 1. The summed E-state index contributed by atoms with van der Waals surface area (Å²) >= 11 is 0. The van der Waals surface area contributed by atoms with Crippen LogP contribution in [0.3, 0.4) is 0 Å². The Morgan fingerprint density at radius 2 is 2.42 bits per heavy atom. The Hall–Kier alpha value is -0.790. The van der Waals surface area contributed by atoms with Gasteiger partial charge in [0.2, 0.25) is 0 Å². The quantitative estimate of drug-likeness (QED) is 0.604. The average Bonchev–Trinajstić information content (AvgIpc) is 2.07. The first-order valence-corrected chi connectivity index (χ1v) is 4.61. The molecule has 0 fully saturated rings. The molecule has 1 heterocycles. The first kappa shape index (κ1) is 9.30. The zero-order valence-electron chi connectivity index (χ0n) is 7.80. The molecule has 68 valence electrons. The molecule has 2 heteroatoms. The molecule has 0 saturated heterocycles. The molecule has 0 aromatic heterocycles. The minimum Gasteiger partial charge on any atom is -0.462 e. The highest BCUT2D eigenvalue weighted by Crippen LogP contribution is 2.21. The fourth-order valence-corrected chi connectivity index (χ4v) is 1.35. The third-order valence-corrected chi connectivity index (χ3v) is 2.23. The molecule has 2 nitrogen and oxygen atoms in total. The maximum atomic E-state index is 10.9. The summed E-state index contributed by atoms with van der Waals surface area (Å²) < 4.78 is 4.88. The van der Waals surface area contributed by atoms with E-state index in [1.54, 1.807) is 6.08 Å². The predicted octanol–water partition coefficient (Wildman–Crippen LogP) is 2.30. The van der Waals surface area contributed by atoms with Crippen molar-refractivity contribution in [3.63, 3.8) is 0 Å². The lowest BCUT2D eigenvalue weighted by atomic mass is 9.95. The third-order valence-electron chi connectivity index (χ3n) is 2.23. The van der Waals surface area contributed by atoms with Gasteiger partial charge in [0.1, 0.15) is 0 Å². The summed E-state index contributed by atoms with van der Waals surface area (Å²) in [5, 5.41) is 0. The van der Waals surface area contributed by atoms with E-state index in [9.17, 15) is 4.79 Å². The third kappa shape index (κ3) is 2.36. The lowest BCUT2D eigenvalue weighted by molar-refractivity contribution is -0.139. The van der Waals surface area contributed by atoms with Gasteiger partial charge in [0, 0.05) is 12.0 Å². The van der Waals surface area contributed by atoms with Crippen molar-refractivity contribution >= 4 is 5.97 Å². The highest BCUT2D eigenvalue weighted by Gasteiger charge is 2.17. The van der Waals surface area contributed by atoms with Crippen LogP contribution in [0.1, 0.15) is 33.1 Å². The SMILES string of the molecule is CCCCC1=CC(=O)OCC1C. The van der Waals surface area contributed by atoms with Crippen molar-refractivity contribution in [1.29, 1.82) is 0 Å². The largest absolute Gasteiger partial charge is 0.462 e. The first-order chi connectivity index (χ1) is 5.74. The van der Waals surface area contributed by atoms with Gasteiger partial charge in [-0.3, -0.25) is 0 Å². The number of ether oxygens (including phenoxy) is 1. The fourth-order valence-electron chi connectivity index (χ4n) is 1.35. The maximum absolute atomic E-state index is 10.9. The first-order valence-electron chi connectivity index (χ1n) is 4.61. The van der Waals surface area contributed by atoms with Crippen molar-refractivity contribution in [3.05, 3.63) is 11.6 Å². The number of cyclic esters (lactones) is 1. The Morgan fingerprint density at radius 3 is 3.08 bits per heavy atom. The van der Waals surface area contributed by atoms with Crippen molar-refractivity contribution in [2.75, 3.05) is 6.61 Å². The molecular weight excluding hydrogens is 152 g/mol. The minimum absolute atomic E-state index is 0.167. The Balaban J connectivity index is 2.52. The molecule has 0 amide bonds. The van der Waals surface area contributed by atoms with Crippen LogP contribution < -0.4 is 0 Å². The van der Waals surface area contributed by atoms with Crippen molar-refractivity contribution in [2.45, 2.75) is 33.1 Å². The number of rotatable bonds is 3. The van der Waals surface area contributed by atoms with Crippen molar-refractivity contribution in [1.82, 2.24) is 0 Å². The summed E-state index contributed by atoms with van der Waals surface area (Å²) in [5.74, 6) is 0.258. The van der Waals surface area contributed by atoms with Crippen LogP contribution in [0, 0.1) is 5.92 Å². The summed E-state index contributed by atoms with van der Waals surface area (Å²) in [5.41, 5.74) is 1.26. The van der Waals surface area contributed by atoms with Gasteiger partial charge in [-0.15, -0.1) is 0 Å². The van der Waals surface area contributed by atoms with Gasteiger partial charge in [-0.1, -0.05) is 25.8 Å². The highest BCUT2D eigenvalue weighted by molar-refractivity contribution is 5.83. The molecule has 0 aliphatic carbocycles. The van der Waals surface area contributed by atoms with E-state index < -0.39 is 0 Å². The molecular formula is C10H16O2. The number of hydrogen-bond donors (Lipinski definition) is 0. The fraction of sp³-hybridized carbons (Fsp3) is 0.700. The van der Waals surface area contributed by atoms with E-state index in [1.807, 2.05) is 0 Å². The molecule has 1 unspecified atom stereocenters. The Bertz CT molecular complexity index is 194. The van der Waals surface area contributed by atoms with Gasteiger partial charge in [-0.2, -0.15) is 0 Å². The zero-order valence-corrected chi connectivity index (χ0v) is 7.80. The molecule has 0 aromatic rings. The Kier molecular flexibility index (Phi) is 3.32. The van der Waals surface area contributed by atoms with E-state index in [4.69, 9.17) is 4.74 Å². The molecule has 1 rings (SSSR count). The normalized spacial score (nSPS) is 23.3. The van der Waals surface area contributed by atoms with Gasteiger partial charge < -0.3 is 4.74 Å². The lowest BCUT2D eigenvalue weighted by Crippen LogP contribution is -2.19.